The summed E-state index contributed by atoms with van der Waals surface area (Å²) in [4.78, 5) is 16.5. The second-order valence-electron chi connectivity index (χ2n) is 5.78. The lowest BCUT2D eigenvalue weighted by molar-refractivity contribution is 0.0703. The number of pyridine rings is 1. The monoisotopic (exact) mass is 413 g/mol. The molecule has 28 heavy (non-hydrogen) atoms. The number of hydrogen-bond donors (Lipinski definition) is 2. The van der Waals surface area contributed by atoms with Gasteiger partial charge in [-0.1, -0.05) is 24.3 Å². The Morgan fingerprint density at radius 3 is 2.64 bits per heavy atom. The van der Waals surface area contributed by atoms with E-state index in [1.165, 1.54) is 7.11 Å². The molecule has 1 aromatic carbocycles. The van der Waals surface area contributed by atoms with Gasteiger partial charge in [0.1, 0.15) is 21.8 Å². The maximum absolute atomic E-state index is 11.6. The molecular formula is C19H14N2O5PS+. The first kappa shape index (κ1) is 18.3. The number of carboxylic acids is 1. The van der Waals surface area contributed by atoms with E-state index >= 15 is 0 Å². The molecule has 1 atom stereocenters. The van der Waals surface area contributed by atoms with E-state index in [1.54, 1.807) is 12.3 Å². The second-order valence-corrected chi connectivity index (χ2v) is 7.94. The Morgan fingerprint density at radius 2 is 1.96 bits per heavy atom. The zero-order valence-electron chi connectivity index (χ0n) is 14.6. The van der Waals surface area contributed by atoms with Gasteiger partial charge in [0.2, 0.25) is 0 Å². The summed E-state index contributed by atoms with van der Waals surface area (Å²) < 4.78 is 22.1. The molecule has 0 bridgehead atoms. The highest BCUT2D eigenvalue weighted by Crippen LogP contribution is 2.39. The van der Waals surface area contributed by atoms with E-state index in [1.807, 2.05) is 42.5 Å². The van der Waals surface area contributed by atoms with Gasteiger partial charge < -0.3 is 9.52 Å². The number of thiophene rings is 1. The van der Waals surface area contributed by atoms with Crippen molar-refractivity contribution in [3.05, 3.63) is 59.6 Å². The van der Waals surface area contributed by atoms with Crippen LogP contribution in [0.2, 0.25) is 0 Å². The Kier molecular flexibility index (Phi) is 4.92. The summed E-state index contributed by atoms with van der Waals surface area (Å²) in [7, 11) is -0.888. The smallest absolute Gasteiger partial charge is 0.477 e. The Morgan fingerprint density at radius 1 is 1.21 bits per heavy atom. The molecule has 3 aromatic heterocycles. The molecule has 0 saturated heterocycles. The Balaban J connectivity index is 1.65. The first-order chi connectivity index (χ1) is 13.5. The minimum absolute atomic E-state index is 0.0721. The van der Waals surface area contributed by atoms with Gasteiger partial charge in [0.15, 0.2) is 5.58 Å². The van der Waals surface area contributed by atoms with Gasteiger partial charge in [0, 0.05) is 22.7 Å². The number of benzene rings is 1. The number of nitrogens with one attached hydrogen (secondary N) is 1. The van der Waals surface area contributed by atoms with E-state index in [0.29, 0.717) is 11.3 Å². The van der Waals surface area contributed by atoms with Crippen molar-refractivity contribution in [1.82, 2.24) is 4.98 Å². The van der Waals surface area contributed by atoms with E-state index in [9.17, 15) is 14.5 Å². The lowest BCUT2D eigenvalue weighted by atomic mass is 10.1. The molecule has 140 valence electrons. The summed E-state index contributed by atoms with van der Waals surface area (Å²) in [6, 6.07) is 14.8. The van der Waals surface area contributed by atoms with Crippen molar-refractivity contribution in [2.45, 2.75) is 0 Å². The van der Waals surface area contributed by atoms with Crippen LogP contribution < -0.4 is 5.09 Å². The third kappa shape index (κ3) is 3.53. The zero-order valence-corrected chi connectivity index (χ0v) is 16.3. The number of hydrogen-bond acceptors (Lipinski definition) is 6. The molecule has 0 radical (unpaired) electrons. The lowest BCUT2D eigenvalue weighted by Crippen LogP contribution is -1.97. The van der Waals surface area contributed by atoms with Crippen molar-refractivity contribution in [1.29, 1.82) is 0 Å². The summed E-state index contributed by atoms with van der Waals surface area (Å²) in [6.07, 6.45) is 1.71. The molecule has 0 aliphatic carbocycles. The normalized spacial score (nSPS) is 11.5. The number of anilines is 1. The number of nitrogens with zero attached hydrogens (tertiary/aromatic N) is 1. The quantitative estimate of drug-likeness (QED) is 0.395. The summed E-state index contributed by atoms with van der Waals surface area (Å²) in [5.74, 6) is -0.387. The number of carbonyl (C=O) groups is 1. The molecule has 7 nitrogen and oxygen atoms in total. The van der Waals surface area contributed by atoms with Crippen LogP contribution in [0.15, 0.2) is 59.1 Å². The SMILES string of the molecule is CO[P+](=O)Nc1cc(-c2ccc(-c3cc4ncccc4o3)cc2)sc1C(=O)O. The van der Waals surface area contributed by atoms with Crippen LogP contribution in [-0.2, 0) is 9.09 Å². The molecule has 2 N–H and O–H groups in total. The van der Waals surface area contributed by atoms with Crippen LogP contribution in [0, 0.1) is 0 Å². The molecule has 3 heterocycles. The Hall–Kier alpha value is -3.06. The number of carboxylic acid groups (broad SMARTS) is 1. The molecule has 0 aliphatic heterocycles. The Bertz CT molecular complexity index is 1150. The fourth-order valence-corrected chi connectivity index (χ4v) is 4.23. The van der Waals surface area contributed by atoms with E-state index < -0.39 is 14.1 Å². The highest BCUT2D eigenvalue weighted by Gasteiger charge is 2.24. The maximum atomic E-state index is 11.6. The van der Waals surface area contributed by atoms with Crippen LogP contribution in [0.3, 0.4) is 0 Å². The maximum Gasteiger partial charge on any atom is 0.642 e. The molecule has 1 unspecified atom stereocenters. The lowest BCUT2D eigenvalue weighted by Gasteiger charge is -2.00. The second kappa shape index (κ2) is 7.52. The average molecular weight is 413 g/mol. The Labute approximate surface area is 164 Å². The number of rotatable bonds is 6. The number of fused-ring (bicyclic) bond motifs is 1. The molecular weight excluding hydrogens is 399 g/mol. The van der Waals surface area contributed by atoms with Crippen LogP contribution in [0.1, 0.15) is 9.67 Å². The molecule has 0 saturated carbocycles. The molecule has 0 spiro atoms. The van der Waals surface area contributed by atoms with Crippen LogP contribution in [0.4, 0.5) is 5.69 Å². The molecule has 4 aromatic rings. The van der Waals surface area contributed by atoms with Crippen LogP contribution in [0.5, 0.6) is 0 Å². The largest absolute Gasteiger partial charge is 0.642 e. The topological polar surface area (TPSA) is 102 Å². The third-order valence-electron chi connectivity index (χ3n) is 4.05. The fraction of sp³-hybridized carbons (Fsp3) is 0.0526. The first-order valence-electron chi connectivity index (χ1n) is 8.15. The van der Waals surface area contributed by atoms with Gasteiger partial charge in [-0.2, -0.15) is 0 Å². The van der Waals surface area contributed by atoms with Crippen LogP contribution in [-0.4, -0.2) is 23.2 Å². The molecule has 0 aliphatic rings. The van der Waals surface area contributed by atoms with Crippen molar-refractivity contribution < 1.29 is 23.4 Å². The molecule has 0 amide bonds. The summed E-state index contributed by atoms with van der Waals surface area (Å²) in [5, 5.41) is 12.0. The van der Waals surface area contributed by atoms with E-state index in [4.69, 9.17) is 4.42 Å². The van der Waals surface area contributed by atoms with Crippen LogP contribution in [0.25, 0.3) is 32.9 Å². The van der Waals surface area contributed by atoms with Gasteiger partial charge >= 0.3 is 14.1 Å². The number of aromatic nitrogens is 1. The highest BCUT2D eigenvalue weighted by molar-refractivity contribution is 7.41. The summed E-state index contributed by atoms with van der Waals surface area (Å²) in [5.41, 5.74) is 3.49. The van der Waals surface area contributed by atoms with Gasteiger partial charge in [-0.05, 0) is 28.3 Å². The molecule has 0 fully saturated rings. The van der Waals surface area contributed by atoms with Gasteiger partial charge in [-0.15, -0.1) is 20.9 Å². The minimum atomic E-state index is -2.17. The van der Waals surface area contributed by atoms with Crippen molar-refractivity contribution in [3.8, 4) is 21.8 Å². The van der Waals surface area contributed by atoms with Gasteiger partial charge in [0.05, 0.1) is 7.11 Å². The van der Waals surface area contributed by atoms with Crippen LogP contribution >= 0.6 is 19.5 Å². The van der Waals surface area contributed by atoms with E-state index in [2.05, 4.69) is 14.6 Å². The average Bonchev–Trinajstić information content (AvgIpc) is 3.32. The number of furan rings is 1. The predicted molar refractivity (Wildman–Crippen MR) is 108 cm³/mol. The fourth-order valence-electron chi connectivity index (χ4n) is 2.73. The van der Waals surface area contributed by atoms with Crippen molar-refractivity contribution >= 4 is 42.3 Å². The van der Waals surface area contributed by atoms with E-state index in [0.717, 1.165) is 32.9 Å². The standard InChI is InChI=1S/C19H13N2O5PS/c1-25-27(24)21-14-10-17(28-18(14)19(22)23)12-6-4-11(5-7-12)16-9-13-15(26-16)3-2-8-20-13/h2-10H,1H3,(H-,21,22,23,24)/p+1. The van der Waals surface area contributed by atoms with E-state index in [-0.39, 0.29) is 10.6 Å². The van der Waals surface area contributed by atoms with Crippen molar-refractivity contribution in [2.24, 2.45) is 0 Å². The zero-order chi connectivity index (χ0) is 19.7. The first-order valence-corrected chi connectivity index (χ1v) is 10.1. The third-order valence-corrected chi connectivity index (χ3v) is 5.97. The minimum Gasteiger partial charge on any atom is -0.477 e. The van der Waals surface area contributed by atoms with Crippen molar-refractivity contribution in [2.75, 3.05) is 12.2 Å². The van der Waals surface area contributed by atoms with Crippen molar-refractivity contribution in [3.63, 3.8) is 0 Å². The number of aromatic carboxylic acids is 1. The van der Waals surface area contributed by atoms with Gasteiger partial charge in [-0.3, -0.25) is 4.98 Å². The molecule has 4 rings (SSSR count). The molecule has 9 heteroatoms. The highest BCUT2D eigenvalue weighted by atomic mass is 32.1. The predicted octanol–water partition coefficient (Wildman–Crippen LogP) is 5.64. The van der Waals surface area contributed by atoms with Gasteiger partial charge in [-0.25, -0.2) is 4.79 Å². The summed E-state index contributed by atoms with van der Waals surface area (Å²) >= 11 is 1.10. The summed E-state index contributed by atoms with van der Waals surface area (Å²) in [6.45, 7) is 0. The van der Waals surface area contributed by atoms with Gasteiger partial charge in [0.25, 0.3) is 0 Å².